The first-order valence-corrected chi connectivity index (χ1v) is 8.11. The molecule has 0 unspecified atom stereocenters. The van der Waals surface area contributed by atoms with Crippen LogP contribution in [0, 0.1) is 0 Å². The first kappa shape index (κ1) is 17.1. The van der Waals surface area contributed by atoms with E-state index in [1.807, 2.05) is 18.2 Å². The number of pyridine rings is 1. The summed E-state index contributed by atoms with van der Waals surface area (Å²) >= 11 is 12.0. The maximum atomic E-state index is 12.1. The van der Waals surface area contributed by atoms with E-state index in [-0.39, 0.29) is 11.6 Å². The fourth-order valence-electron chi connectivity index (χ4n) is 2.02. The summed E-state index contributed by atoms with van der Waals surface area (Å²) in [5.74, 6) is 0.121. The number of hydrogen-bond donors (Lipinski definition) is 2. The fraction of sp³-hybridized carbons (Fsp3) is 0.0588. The minimum atomic E-state index is -0.328. The molecule has 25 heavy (non-hydrogen) atoms. The molecular formula is C17H13Cl2N5O. The molecule has 6 nitrogen and oxygen atoms in total. The second-order valence-electron chi connectivity index (χ2n) is 5.06. The monoisotopic (exact) mass is 373 g/mol. The predicted octanol–water partition coefficient (Wildman–Crippen LogP) is 3.85. The third-order valence-electron chi connectivity index (χ3n) is 3.24. The molecule has 3 rings (SSSR count). The van der Waals surface area contributed by atoms with Crippen LogP contribution in [0.15, 0.2) is 54.7 Å². The second-order valence-corrected chi connectivity index (χ2v) is 5.90. The van der Waals surface area contributed by atoms with E-state index >= 15 is 0 Å². The third-order valence-corrected chi connectivity index (χ3v) is 3.81. The van der Waals surface area contributed by atoms with Crippen molar-refractivity contribution in [2.45, 2.75) is 6.54 Å². The van der Waals surface area contributed by atoms with Gasteiger partial charge < -0.3 is 10.6 Å². The molecule has 0 aliphatic carbocycles. The number of anilines is 2. The van der Waals surface area contributed by atoms with Crippen LogP contribution in [0.4, 0.5) is 11.5 Å². The van der Waals surface area contributed by atoms with Crippen LogP contribution in [0.3, 0.4) is 0 Å². The predicted molar refractivity (Wildman–Crippen MR) is 97.2 cm³/mol. The van der Waals surface area contributed by atoms with Crippen LogP contribution in [0.5, 0.6) is 0 Å². The lowest BCUT2D eigenvalue weighted by molar-refractivity contribution is 0.0944. The Morgan fingerprint density at radius 1 is 1.04 bits per heavy atom. The number of halogens is 2. The SMILES string of the molecule is O=C(NCc1ccccn1)c1ccc(Nc2cc(Cl)ccc2Cl)nn1. The second kappa shape index (κ2) is 7.92. The molecule has 2 heterocycles. The normalized spacial score (nSPS) is 10.3. The Hall–Kier alpha value is -2.70. The van der Waals surface area contributed by atoms with E-state index < -0.39 is 0 Å². The number of rotatable bonds is 5. The van der Waals surface area contributed by atoms with Crippen LogP contribution < -0.4 is 10.6 Å². The number of nitrogens with one attached hydrogen (secondary N) is 2. The molecule has 0 saturated carbocycles. The largest absolute Gasteiger partial charge is 0.345 e. The Bertz CT molecular complexity index is 872. The number of carbonyl (C=O) groups is 1. The smallest absolute Gasteiger partial charge is 0.272 e. The van der Waals surface area contributed by atoms with Crippen LogP contribution >= 0.6 is 23.2 Å². The summed E-state index contributed by atoms with van der Waals surface area (Å²) in [5.41, 5.74) is 1.58. The van der Waals surface area contributed by atoms with Crippen molar-refractivity contribution in [3.63, 3.8) is 0 Å². The first-order valence-electron chi connectivity index (χ1n) is 7.36. The maximum Gasteiger partial charge on any atom is 0.272 e. The van der Waals surface area contributed by atoms with Gasteiger partial charge in [-0.05, 0) is 42.5 Å². The molecule has 0 spiro atoms. The van der Waals surface area contributed by atoms with Gasteiger partial charge in [0.05, 0.1) is 22.9 Å². The molecule has 2 N–H and O–H groups in total. The topological polar surface area (TPSA) is 79.8 Å². The van der Waals surface area contributed by atoms with Gasteiger partial charge in [-0.15, -0.1) is 10.2 Å². The zero-order valence-electron chi connectivity index (χ0n) is 12.9. The molecule has 0 aliphatic rings. The lowest BCUT2D eigenvalue weighted by Gasteiger charge is -2.08. The molecule has 0 saturated heterocycles. The fourth-order valence-corrected chi connectivity index (χ4v) is 2.35. The zero-order chi connectivity index (χ0) is 17.6. The highest BCUT2D eigenvalue weighted by molar-refractivity contribution is 6.35. The van der Waals surface area contributed by atoms with Crippen molar-refractivity contribution in [3.8, 4) is 0 Å². The molecule has 3 aromatic rings. The van der Waals surface area contributed by atoms with Crippen molar-refractivity contribution >= 4 is 40.6 Å². The number of amides is 1. The lowest BCUT2D eigenvalue weighted by atomic mass is 10.3. The van der Waals surface area contributed by atoms with Crippen LogP contribution in [0.25, 0.3) is 0 Å². The Morgan fingerprint density at radius 3 is 2.64 bits per heavy atom. The van der Waals surface area contributed by atoms with Gasteiger partial charge >= 0.3 is 0 Å². The molecule has 1 aromatic carbocycles. The van der Waals surface area contributed by atoms with E-state index in [4.69, 9.17) is 23.2 Å². The van der Waals surface area contributed by atoms with Crippen molar-refractivity contribution < 1.29 is 4.79 Å². The summed E-state index contributed by atoms with van der Waals surface area (Å²) < 4.78 is 0. The van der Waals surface area contributed by atoms with Gasteiger partial charge in [-0.1, -0.05) is 29.3 Å². The van der Waals surface area contributed by atoms with Crippen molar-refractivity contribution in [2.24, 2.45) is 0 Å². The van der Waals surface area contributed by atoms with Gasteiger partial charge in [0.25, 0.3) is 5.91 Å². The van der Waals surface area contributed by atoms with Crippen molar-refractivity contribution in [1.29, 1.82) is 0 Å². The lowest BCUT2D eigenvalue weighted by Crippen LogP contribution is -2.24. The summed E-state index contributed by atoms with van der Waals surface area (Å²) in [6, 6.07) is 13.8. The highest BCUT2D eigenvalue weighted by Gasteiger charge is 2.09. The first-order chi connectivity index (χ1) is 12.1. The zero-order valence-corrected chi connectivity index (χ0v) is 14.4. The van der Waals surface area contributed by atoms with Crippen LogP contribution in [-0.2, 0) is 6.54 Å². The molecule has 0 fully saturated rings. The van der Waals surface area contributed by atoms with E-state index in [0.29, 0.717) is 28.1 Å². The van der Waals surface area contributed by atoms with Crippen molar-refractivity contribution in [2.75, 3.05) is 5.32 Å². The van der Waals surface area contributed by atoms with E-state index in [1.54, 1.807) is 36.5 Å². The molecule has 2 aromatic heterocycles. The minimum Gasteiger partial charge on any atom is -0.345 e. The standard InChI is InChI=1S/C17H13Cl2N5O/c18-11-4-5-13(19)15(9-11)22-16-7-6-14(23-24-16)17(25)21-10-12-3-1-2-8-20-12/h1-9H,10H2,(H,21,25)(H,22,24). The highest BCUT2D eigenvalue weighted by atomic mass is 35.5. The number of nitrogens with zero attached hydrogens (tertiary/aromatic N) is 3. The highest BCUT2D eigenvalue weighted by Crippen LogP contribution is 2.27. The average Bonchev–Trinajstić information content (AvgIpc) is 2.64. The summed E-state index contributed by atoms with van der Waals surface area (Å²) in [5, 5.41) is 14.7. The van der Waals surface area contributed by atoms with Gasteiger partial charge in [-0.25, -0.2) is 0 Å². The Morgan fingerprint density at radius 2 is 1.92 bits per heavy atom. The Labute approximate surface area is 154 Å². The van der Waals surface area contributed by atoms with E-state index in [1.165, 1.54) is 0 Å². The molecule has 0 bridgehead atoms. The molecule has 0 radical (unpaired) electrons. The van der Waals surface area contributed by atoms with E-state index in [0.717, 1.165) is 5.69 Å². The number of hydrogen-bond acceptors (Lipinski definition) is 5. The number of carbonyl (C=O) groups excluding carboxylic acids is 1. The summed E-state index contributed by atoms with van der Waals surface area (Å²) in [6.45, 7) is 0.319. The summed E-state index contributed by atoms with van der Waals surface area (Å²) in [4.78, 5) is 16.2. The molecule has 0 atom stereocenters. The molecule has 1 amide bonds. The Balaban J connectivity index is 1.63. The van der Waals surface area contributed by atoms with Crippen LogP contribution in [0.1, 0.15) is 16.2 Å². The van der Waals surface area contributed by atoms with Gasteiger partial charge in [0.15, 0.2) is 11.5 Å². The number of benzene rings is 1. The summed E-state index contributed by atoms with van der Waals surface area (Å²) in [7, 11) is 0. The van der Waals surface area contributed by atoms with Gasteiger partial charge in [-0.3, -0.25) is 9.78 Å². The van der Waals surface area contributed by atoms with Gasteiger partial charge in [0, 0.05) is 11.2 Å². The number of aromatic nitrogens is 3. The minimum absolute atomic E-state index is 0.207. The van der Waals surface area contributed by atoms with Crippen molar-refractivity contribution in [3.05, 3.63) is 76.2 Å². The van der Waals surface area contributed by atoms with Crippen molar-refractivity contribution in [1.82, 2.24) is 20.5 Å². The van der Waals surface area contributed by atoms with E-state index in [9.17, 15) is 4.79 Å². The van der Waals surface area contributed by atoms with E-state index in [2.05, 4.69) is 25.8 Å². The third kappa shape index (κ3) is 4.65. The maximum absolute atomic E-state index is 12.1. The average molecular weight is 374 g/mol. The Kier molecular flexibility index (Phi) is 5.42. The molecule has 0 aliphatic heterocycles. The molecule has 8 heteroatoms. The summed E-state index contributed by atoms with van der Waals surface area (Å²) in [6.07, 6.45) is 1.67. The van der Waals surface area contributed by atoms with Gasteiger partial charge in [-0.2, -0.15) is 0 Å². The van der Waals surface area contributed by atoms with Gasteiger partial charge in [0.1, 0.15) is 0 Å². The molecule has 126 valence electrons. The quantitative estimate of drug-likeness (QED) is 0.709. The molecular weight excluding hydrogens is 361 g/mol. The van der Waals surface area contributed by atoms with Crippen LogP contribution in [-0.4, -0.2) is 21.1 Å². The van der Waals surface area contributed by atoms with Gasteiger partial charge in [0.2, 0.25) is 0 Å². The van der Waals surface area contributed by atoms with Crippen LogP contribution in [0.2, 0.25) is 10.0 Å².